The largest absolute Gasteiger partial charge is 0.497 e. The lowest BCUT2D eigenvalue weighted by molar-refractivity contribution is -0.134. The predicted molar refractivity (Wildman–Crippen MR) is 108 cm³/mol. The summed E-state index contributed by atoms with van der Waals surface area (Å²) in [6.07, 6.45) is 0.681. The summed E-state index contributed by atoms with van der Waals surface area (Å²) in [5.74, 6) is -0.264. The number of urea groups is 1. The fourth-order valence-corrected chi connectivity index (χ4v) is 3.40. The highest BCUT2D eigenvalue weighted by molar-refractivity contribution is 6.09. The molecule has 29 heavy (non-hydrogen) atoms. The van der Waals surface area contributed by atoms with Gasteiger partial charge in [0.1, 0.15) is 17.8 Å². The second-order valence-corrected chi connectivity index (χ2v) is 7.20. The molecule has 1 fully saturated rings. The van der Waals surface area contributed by atoms with Gasteiger partial charge in [-0.1, -0.05) is 36.4 Å². The van der Waals surface area contributed by atoms with Crippen LogP contribution in [-0.4, -0.2) is 42.9 Å². The molecule has 1 heterocycles. The van der Waals surface area contributed by atoms with Gasteiger partial charge < -0.3 is 15.4 Å². The number of hydrogen-bond acceptors (Lipinski definition) is 4. The molecule has 1 aliphatic rings. The van der Waals surface area contributed by atoms with E-state index in [-0.39, 0.29) is 12.5 Å². The Kier molecular flexibility index (Phi) is 5.87. The second-order valence-electron chi connectivity index (χ2n) is 7.20. The van der Waals surface area contributed by atoms with Crippen molar-refractivity contribution in [1.29, 1.82) is 0 Å². The van der Waals surface area contributed by atoms with E-state index in [1.807, 2.05) is 31.2 Å². The van der Waals surface area contributed by atoms with Crippen molar-refractivity contribution in [2.24, 2.45) is 0 Å². The Labute approximate surface area is 170 Å². The van der Waals surface area contributed by atoms with Gasteiger partial charge in [0.25, 0.3) is 5.91 Å². The molecule has 4 amide bonds. The van der Waals surface area contributed by atoms with Gasteiger partial charge in [0.15, 0.2) is 0 Å². The molecule has 2 aromatic rings. The van der Waals surface area contributed by atoms with Crippen LogP contribution < -0.4 is 15.4 Å². The maximum Gasteiger partial charge on any atom is 0.325 e. The number of nitrogens with zero attached hydrogens (tertiary/aromatic N) is 1. The first-order valence-corrected chi connectivity index (χ1v) is 9.45. The number of methoxy groups -OCH3 is 1. The van der Waals surface area contributed by atoms with Crippen LogP contribution in [0.25, 0.3) is 0 Å². The van der Waals surface area contributed by atoms with E-state index in [9.17, 15) is 14.4 Å². The van der Waals surface area contributed by atoms with Crippen LogP contribution in [0.15, 0.2) is 48.5 Å². The van der Waals surface area contributed by atoms with E-state index >= 15 is 0 Å². The van der Waals surface area contributed by atoms with Crippen molar-refractivity contribution in [3.63, 3.8) is 0 Å². The number of rotatable bonds is 7. The lowest BCUT2D eigenvalue weighted by Crippen LogP contribution is -2.43. The molecular weight excluding hydrogens is 370 g/mol. The van der Waals surface area contributed by atoms with Crippen LogP contribution in [0.4, 0.5) is 4.79 Å². The minimum absolute atomic E-state index is 0.321. The first kappa shape index (κ1) is 20.4. The van der Waals surface area contributed by atoms with Gasteiger partial charge in [0.2, 0.25) is 5.91 Å². The Bertz CT molecular complexity index is 943. The van der Waals surface area contributed by atoms with Crippen molar-refractivity contribution < 1.29 is 19.1 Å². The van der Waals surface area contributed by atoms with Crippen LogP contribution in [0.1, 0.15) is 23.6 Å². The molecule has 1 aliphatic heterocycles. The van der Waals surface area contributed by atoms with Crippen LogP contribution in [0.5, 0.6) is 5.75 Å². The summed E-state index contributed by atoms with van der Waals surface area (Å²) in [7, 11) is 1.53. The molecule has 1 saturated heterocycles. The standard InChI is InChI=1S/C22H25N3O4/c1-15-7-4-5-8-16(15)11-12-23-19(26)14-25-20(27)22(2,24-21(25)28)17-9-6-10-18(13-17)29-3/h4-10,13H,11-12,14H2,1-3H3,(H,23,26)(H,24,28)/t22-/m0/s1. The average Bonchev–Trinajstić information content (AvgIpc) is 2.93. The molecule has 0 aromatic heterocycles. The van der Waals surface area contributed by atoms with Crippen molar-refractivity contribution >= 4 is 17.8 Å². The summed E-state index contributed by atoms with van der Waals surface area (Å²) in [6.45, 7) is 3.75. The molecule has 3 rings (SSSR count). The van der Waals surface area contributed by atoms with Crippen LogP contribution in [0, 0.1) is 6.92 Å². The van der Waals surface area contributed by atoms with Crippen molar-refractivity contribution in [2.45, 2.75) is 25.8 Å². The zero-order valence-electron chi connectivity index (χ0n) is 16.8. The maximum atomic E-state index is 12.9. The Balaban J connectivity index is 1.62. The van der Waals surface area contributed by atoms with Gasteiger partial charge in [-0.25, -0.2) is 4.79 Å². The molecule has 2 aromatic carbocycles. The summed E-state index contributed by atoms with van der Waals surface area (Å²) < 4.78 is 5.20. The number of carbonyl (C=O) groups excluding carboxylic acids is 3. The Hall–Kier alpha value is -3.35. The third-order valence-corrected chi connectivity index (χ3v) is 5.20. The van der Waals surface area contributed by atoms with Gasteiger partial charge >= 0.3 is 6.03 Å². The predicted octanol–water partition coefficient (Wildman–Crippen LogP) is 2.13. The van der Waals surface area contributed by atoms with Crippen molar-refractivity contribution in [2.75, 3.05) is 20.2 Å². The maximum absolute atomic E-state index is 12.9. The third kappa shape index (κ3) is 4.23. The van der Waals surface area contributed by atoms with Gasteiger partial charge in [0, 0.05) is 6.54 Å². The summed E-state index contributed by atoms with van der Waals surface area (Å²) in [5.41, 5.74) is 1.66. The van der Waals surface area contributed by atoms with Gasteiger partial charge in [-0.3, -0.25) is 14.5 Å². The quantitative estimate of drug-likeness (QED) is 0.703. The number of hydrogen-bond donors (Lipinski definition) is 2. The summed E-state index contributed by atoms with van der Waals surface area (Å²) in [4.78, 5) is 38.6. The molecule has 0 spiro atoms. The molecule has 0 unspecified atom stereocenters. The van der Waals surface area contributed by atoms with Gasteiger partial charge in [-0.15, -0.1) is 0 Å². The van der Waals surface area contributed by atoms with Crippen molar-refractivity contribution in [3.05, 3.63) is 65.2 Å². The van der Waals surface area contributed by atoms with Crippen LogP contribution in [0.3, 0.4) is 0 Å². The molecule has 2 N–H and O–H groups in total. The first-order chi connectivity index (χ1) is 13.8. The smallest absolute Gasteiger partial charge is 0.325 e. The number of aryl methyl sites for hydroxylation is 1. The molecule has 1 atom stereocenters. The second kappa shape index (κ2) is 8.34. The Morgan fingerprint density at radius 2 is 1.93 bits per heavy atom. The number of carbonyl (C=O) groups is 3. The fraction of sp³-hybridized carbons (Fsp3) is 0.318. The lowest BCUT2D eigenvalue weighted by atomic mass is 9.92. The molecule has 152 valence electrons. The zero-order valence-corrected chi connectivity index (χ0v) is 16.8. The number of amides is 4. The number of ether oxygens (including phenoxy) is 1. The van der Waals surface area contributed by atoms with E-state index in [0.717, 1.165) is 16.0 Å². The molecule has 0 aliphatic carbocycles. The number of nitrogens with one attached hydrogen (secondary N) is 2. The van der Waals surface area contributed by atoms with Gasteiger partial charge in [-0.05, 0) is 49.1 Å². The highest BCUT2D eigenvalue weighted by Crippen LogP contribution is 2.30. The van der Waals surface area contributed by atoms with Gasteiger partial charge in [0.05, 0.1) is 7.11 Å². The minimum Gasteiger partial charge on any atom is -0.497 e. The van der Waals surface area contributed by atoms with E-state index in [2.05, 4.69) is 10.6 Å². The van der Waals surface area contributed by atoms with Crippen LogP contribution in [-0.2, 0) is 21.5 Å². The minimum atomic E-state index is -1.24. The summed E-state index contributed by atoms with van der Waals surface area (Å²) in [5, 5.41) is 5.47. The number of imide groups is 1. The first-order valence-electron chi connectivity index (χ1n) is 9.45. The Morgan fingerprint density at radius 1 is 1.17 bits per heavy atom. The highest BCUT2D eigenvalue weighted by Gasteiger charge is 2.49. The van der Waals surface area contributed by atoms with E-state index in [1.54, 1.807) is 31.2 Å². The van der Waals surface area contributed by atoms with Crippen molar-refractivity contribution in [3.8, 4) is 5.75 Å². The third-order valence-electron chi connectivity index (χ3n) is 5.20. The summed E-state index contributed by atoms with van der Waals surface area (Å²) in [6, 6.07) is 14.3. The molecule has 0 bridgehead atoms. The van der Waals surface area contributed by atoms with E-state index in [4.69, 9.17) is 4.74 Å². The molecular formula is C22H25N3O4. The Morgan fingerprint density at radius 3 is 2.66 bits per heavy atom. The highest BCUT2D eigenvalue weighted by atomic mass is 16.5. The summed E-state index contributed by atoms with van der Waals surface area (Å²) >= 11 is 0. The van der Waals surface area contributed by atoms with Crippen LogP contribution in [0.2, 0.25) is 0 Å². The zero-order chi connectivity index (χ0) is 21.0. The average molecular weight is 395 g/mol. The normalized spacial score (nSPS) is 18.5. The lowest BCUT2D eigenvalue weighted by Gasteiger charge is -2.22. The topological polar surface area (TPSA) is 87.7 Å². The van der Waals surface area contributed by atoms with E-state index < -0.39 is 17.5 Å². The van der Waals surface area contributed by atoms with Crippen molar-refractivity contribution in [1.82, 2.24) is 15.5 Å². The van der Waals surface area contributed by atoms with E-state index in [1.165, 1.54) is 7.11 Å². The van der Waals surface area contributed by atoms with E-state index in [0.29, 0.717) is 24.3 Å². The van der Waals surface area contributed by atoms with Gasteiger partial charge in [-0.2, -0.15) is 0 Å². The molecule has 7 heteroatoms. The fourth-order valence-electron chi connectivity index (χ4n) is 3.40. The SMILES string of the molecule is COc1cccc([C@]2(C)NC(=O)N(CC(=O)NCCc3ccccc3C)C2=O)c1. The number of benzene rings is 2. The molecule has 0 radical (unpaired) electrons. The van der Waals surface area contributed by atoms with Crippen LogP contribution >= 0.6 is 0 Å². The molecule has 0 saturated carbocycles. The monoisotopic (exact) mass is 395 g/mol. The molecule has 7 nitrogen and oxygen atoms in total.